The molecule has 0 saturated carbocycles. The largest absolute Gasteiger partial charge is 0.387 e. The monoisotopic (exact) mass is 309 g/mol. The van der Waals surface area contributed by atoms with E-state index in [1.54, 1.807) is 36.4 Å². The highest BCUT2D eigenvalue weighted by Crippen LogP contribution is 2.22. The molecule has 2 aromatic carbocycles. The van der Waals surface area contributed by atoms with Gasteiger partial charge in [-0.05, 0) is 29.8 Å². The van der Waals surface area contributed by atoms with Gasteiger partial charge in [0.1, 0.15) is 0 Å². The number of nitrogens with zero attached hydrogens (tertiary/aromatic N) is 1. The number of rotatable bonds is 4. The van der Waals surface area contributed by atoms with Crippen LogP contribution in [0.4, 0.5) is 0 Å². The van der Waals surface area contributed by atoms with Crippen molar-refractivity contribution in [2.45, 2.75) is 11.0 Å². The number of hydrogen-bond acceptors (Lipinski definition) is 3. The predicted molar refractivity (Wildman–Crippen MR) is 82.5 cm³/mol. The zero-order valence-corrected chi connectivity index (χ0v) is 12.6. The van der Waals surface area contributed by atoms with Gasteiger partial charge in [-0.2, -0.15) is 0 Å². The molecule has 1 unspecified atom stereocenters. The van der Waals surface area contributed by atoms with E-state index in [0.717, 1.165) is 0 Å². The third-order valence-corrected chi connectivity index (χ3v) is 5.66. The van der Waals surface area contributed by atoms with Crippen molar-refractivity contribution in [2.24, 2.45) is 4.36 Å². The Morgan fingerprint density at radius 1 is 1.15 bits per heavy atom. The second-order valence-electron chi connectivity index (χ2n) is 4.37. The molecule has 0 aromatic heterocycles. The van der Waals surface area contributed by atoms with Crippen LogP contribution in [0.3, 0.4) is 0 Å². The highest BCUT2D eigenvalue weighted by atomic mass is 35.5. The molecule has 1 N–H and O–H groups in total. The van der Waals surface area contributed by atoms with Gasteiger partial charge in [-0.15, -0.1) is 0 Å². The number of hydrogen-bond donors (Lipinski definition) is 1. The molecule has 0 fully saturated rings. The first-order valence-electron chi connectivity index (χ1n) is 6.17. The third kappa shape index (κ3) is 3.39. The molecule has 0 radical (unpaired) electrons. The van der Waals surface area contributed by atoms with Gasteiger partial charge in [0.05, 0.1) is 21.6 Å². The molecule has 0 saturated heterocycles. The summed E-state index contributed by atoms with van der Waals surface area (Å²) >= 11 is 5.82. The lowest BCUT2D eigenvalue weighted by Gasteiger charge is -2.15. The summed E-state index contributed by atoms with van der Waals surface area (Å²) in [6, 6.07) is 15.9. The number of aliphatic hydroxyl groups excluding tert-OH is 1. The first-order chi connectivity index (χ1) is 9.55. The van der Waals surface area contributed by atoms with E-state index in [0.29, 0.717) is 15.5 Å². The topological polar surface area (TPSA) is 49.7 Å². The van der Waals surface area contributed by atoms with E-state index in [2.05, 4.69) is 4.36 Å². The zero-order chi connectivity index (χ0) is 14.6. The Kier molecular flexibility index (Phi) is 4.81. The molecule has 0 spiro atoms. The fourth-order valence-electron chi connectivity index (χ4n) is 1.90. The molecule has 2 rings (SSSR count). The van der Waals surface area contributed by atoms with Gasteiger partial charge in [-0.1, -0.05) is 41.9 Å². The maximum Gasteiger partial charge on any atom is 0.0917 e. The van der Waals surface area contributed by atoms with Crippen molar-refractivity contribution >= 4 is 21.3 Å². The van der Waals surface area contributed by atoms with Crippen LogP contribution in [0, 0.1) is 0 Å². The minimum Gasteiger partial charge on any atom is -0.387 e. The van der Waals surface area contributed by atoms with Crippen molar-refractivity contribution in [1.29, 1.82) is 0 Å². The van der Waals surface area contributed by atoms with E-state index >= 15 is 0 Å². The second kappa shape index (κ2) is 6.39. The fourth-order valence-corrected chi connectivity index (χ4v) is 3.79. The SMILES string of the molecule is CN=[S@](=O)(CC(O)c1ccc(Cl)cc1)c1ccccc1. The Balaban J connectivity index is 2.27. The molecule has 106 valence electrons. The molecule has 0 bridgehead atoms. The van der Waals surface area contributed by atoms with E-state index in [4.69, 9.17) is 11.6 Å². The molecule has 2 atom stereocenters. The van der Waals surface area contributed by atoms with Gasteiger partial charge in [0.15, 0.2) is 0 Å². The van der Waals surface area contributed by atoms with Gasteiger partial charge in [0.2, 0.25) is 0 Å². The summed E-state index contributed by atoms with van der Waals surface area (Å²) in [5.74, 6) is 0.0646. The Labute approximate surface area is 124 Å². The molecular formula is C15H16ClNO2S. The summed E-state index contributed by atoms with van der Waals surface area (Å²) in [6.45, 7) is 0. The van der Waals surface area contributed by atoms with Gasteiger partial charge >= 0.3 is 0 Å². The Morgan fingerprint density at radius 3 is 2.30 bits per heavy atom. The highest BCUT2D eigenvalue weighted by Gasteiger charge is 2.18. The Morgan fingerprint density at radius 2 is 1.75 bits per heavy atom. The Hall–Kier alpha value is -1.36. The lowest BCUT2D eigenvalue weighted by Crippen LogP contribution is -2.14. The summed E-state index contributed by atoms with van der Waals surface area (Å²) in [6.07, 6.45) is -0.844. The van der Waals surface area contributed by atoms with Crippen LogP contribution in [-0.2, 0) is 9.73 Å². The van der Waals surface area contributed by atoms with Crippen molar-refractivity contribution < 1.29 is 9.32 Å². The van der Waals surface area contributed by atoms with Crippen molar-refractivity contribution in [3.8, 4) is 0 Å². The van der Waals surface area contributed by atoms with Crippen molar-refractivity contribution in [3.05, 3.63) is 65.2 Å². The quantitative estimate of drug-likeness (QED) is 0.939. The van der Waals surface area contributed by atoms with E-state index in [9.17, 15) is 9.32 Å². The molecule has 0 aliphatic rings. The van der Waals surface area contributed by atoms with Gasteiger partial charge < -0.3 is 5.11 Å². The second-order valence-corrected chi connectivity index (χ2v) is 7.26. The number of halogens is 1. The van der Waals surface area contributed by atoms with E-state index < -0.39 is 15.8 Å². The normalized spacial score (nSPS) is 15.3. The molecule has 3 nitrogen and oxygen atoms in total. The van der Waals surface area contributed by atoms with Gasteiger partial charge in [0, 0.05) is 17.0 Å². The van der Waals surface area contributed by atoms with Crippen LogP contribution in [0.5, 0.6) is 0 Å². The van der Waals surface area contributed by atoms with Gasteiger partial charge in [-0.25, -0.2) is 8.57 Å². The van der Waals surface area contributed by atoms with E-state index in [-0.39, 0.29) is 5.75 Å². The zero-order valence-electron chi connectivity index (χ0n) is 11.1. The summed E-state index contributed by atoms with van der Waals surface area (Å²) < 4.78 is 16.9. The molecule has 5 heteroatoms. The van der Waals surface area contributed by atoms with Crippen molar-refractivity contribution in [3.63, 3.8) is 0 Å². The number of aliphatic hydroxyl groups is 1. The van der Waals surface area contributed by atoms with E-state index in [1.807, 2.05) is 18.2 Å². The summed E-state index contributed by atoms with van der Waals surface area (Å²) in [4.78, 5) is 0.635. The van der Waals surface area contributed by atoms with Crippen LogP contribution >= 0.6 is 11.6 Å². The minimum atomic E-state index is -2.62. The lowest BCUT2D eigenvalue weighted by molar-refractivity contribution is 0.202. The van der Waals surface area contributed by atoms with Crippen LogP contribution in [0.2, 0.25) is 5.02 Å². The summed E-state index contributed by atoms with van der Waals surface area (Å²) in [7, 11) is -1.10. The van der Waals surface area contributed by atoms with Crippen molar-refractivity contribution in [2.75, 3.05) is 12.8 Å². The van der Waals surface area contributed by atoms with Crippen LogP contribution in [-0.4, -0.2) is 22.1 Å². The molecule has 0 aliphatic carbocycles. The molecular weight excluding hydrogens is 294 g/mol. The molecule has 0 aliphatic heterocycles. The smallest absolute Gasteiger partial charge is 0.0917 e. The minimum absolute atomic E-state index is 0.0646. The maximum absolute atomic E-state index is 12.9. The van der Waals surface area contributed by atoms with Crippen LogP contribution < -0.4 is 0 Å². The van der Waals surface area contributed by atoms with Crippen LogP contribution in [0.25, 0.3) is 0 Å². The maximum atomic E-state index is 12.9. The molecule has 0 amide bonds. The van der Waals surface area contributed by atoms with Crippen LogP contribution in [0.15, 0.2) is 63.9 Å². The standard InChI is InChI=1S/C15H16ClNO2S/c1-17-20(19,14-5-3-2-4-6-14)11-15(18)12-7-9-13(16)10-8-12/h2-10,15,18H,11H2,1H3/t15?,20-/m0/s1. The van der Waals surface area contributed by atoms with Gasteiger partial charge in [0.25, 0.3) is 0 Å². The first kappa shape index (κ1) is 15.0. The first-order valence-corrected chi connectivity index (χ1v) is 8.23. The van der Waals surface area contributed by atoms with Crippen LogP contribution in [0.1, 0.15) is 11.7 Å². The van der Waals surface area contributed by atoms with Gasteiger partial charge in [-0.3, -0.25) is 0 Å². The molecule has 0 heterocycles. The average molecular weight is 310 g/mol. The fraction of sp³-hybridized carbons (Fsp3) is 0.200. The number of benzene rings is 2. The molecule has 20 heavy (non-hydrogen) atoms. The highest BCUT2D eigenvalue weighted by molar-refractivity contribution is 7.93. The average Bonchev–Trinajstić information content (AvgIpc) is 2.48. The third-order valence-electron chi connectivity index (χ3n) is 3.04. The summed E-state index contributed by atoms with van der Waals surface area (Å²) in [5, 5.41) is 10.9. The lowest BCUT2D eigenvalue weighted by atomic mass is 10.1. The van der Waals surface area contributed by atoms with Crippen molar-refractivity contribution in [1.82, 2.24) is 0 Å². The Bertz CT molecular complexity index is 677. The predicted octanol–water partition coefficient (Wildman–Crippen LogP) is 3.53. The van der Waals surface area contributed by atoms with E-state index in [1.165, 1.54) is 7.05 Å². The summed E-state index contributed by atoms with van der Waals surface area (Å²) in [5.41, 5.74) is 0.682. The molecule has 2 aromatic rings.